The van der Waals surface area contributed by atoms with Crippen molar-refractivity contribution in [2.24, 2.45) is 5.16 Å². The lowest BCUT2D eigenvalue weighted by molar-refractivity contribution is 0.295. The standard InChI is InChI=1S/C6H13NO4S/c1-3-12(10,11)6(4-8)5(2)7-9/h6,8-9H,3-4H2,1-2H3/b7-5+/t6-/m0/s1. The second-order valence-electron chi connectivity index (χ2n) is 2.36. The molecule has 72 valence electrons. The van der Waals surface area contributed by atoms with Gasteiger partial charge in [-0.15, -0.1) is 0 Å². The quantitative estimate of drug-likeness (QED) is 0.364. The SMILES string of the molecule is CCS(=O)(=O)[C@@H](CO)/C(C)=N/O. The highest BCUT2D eigenvalue weighted by atomic mass is 32.2. The number of nitrogens with zero attached hydrogens (tertiary/aromatic N) is 1. The van der Waals surface area contributed by atoms with Crippen molar-refractivity contribution < 1.29 is 18.7 Å². The molecule has 1 atom stereocenters. The summed E-state index contributed by atoms with van der Waals surface area (Å²) < 4.78 is 22.4. The smallest absolute Gasteiger partial charge is 0.160 e. The Labute approximate surface area is 71.6 Å². The number of hydrogen-bond donors (Lipinski definition) is 2. The van der Waals surface area contributed by atoms with Gasteiger partial charge in [-0.1, -0.05) is 12.1 Å². The minimum atomic E-state index is -3.36. The molecule has 0 bridgehead atoms. The number of oxime groups is 1. The second-order valence-corrected chi connectivity index (χ2v) is 4.84. The van der Waals surface area contributed by atoms with Crippen LogP contribution in [-0.2, 0) is 9.84 Å². The maximum absolute atomic E-state index is 11.2. The first-order valence-electron chi connectivity index (χ1n) is 3.50. The molecule has 0 amide bonds. The van der Waals surface area contributed by atoms with Crippen molar-refractivity contribution in [3.63, 3.8) is 0 Å². The summed E-state index contributed by atoms with van der Waals surface area (Å²) in [5.41, 5.74) is 0.0133. The molecule has 0 aromatic rings. The first-order valence-corrected chi connectivity index (χ1v) is 5.22. The van der Waals surface area contributed by atoms with Crippen LogP contribution in [0.1, 0.15) is 13.8 Å². The van der Waals surface area contributed by atoms with Gasteiger partial charge in [0.2, 0.25) is 0 Å². The molecule has 12 heavy (non-hydrogen) atoms. The third-order valence-electron chi connectivity index (χ3n) is 1.63. The first-order chi connectivity index (χ1) is 5.49. The molecule has 0 aliphatic carbocycles. The summed E-state index contributed by atoms with van der Waals surface area (Å²) in [7, 11) is -3.36. The largest absolute Gasteiger partial charge is 0.411 e. The molecule has 0 aromatic carbocycles. The molecule has 0 fully saturated rings. The van der Waals surface area contributed by atoms with Crippen LogP contribution in [0.15, 0.2) is 5.16 Å². The van der Waals surface area contributed by atoms with E-state index in [4.69, 9.17) is 10.3 Å². The molecule has 0 spiro atoms. The molecular weight excluding hydrogens is 182 g/mol. The van der Waals surface area contributed by atoms with E-state index in [2.05, 4.69) is 5.16 Å². The summed E-state index contributed by atoms with van der Waals surface area (Å²) in [6.45, 7) is 2.28. The molecule has 5 nitrogen and oxygen atoms in total. The lowest BCUT2D eigenvalue weighted by atomic mass is 10.3. The van der Waals surface area contributed by atoms with Crippen LogP contribution in [0, 0.1) is 0 Å². The van der Waals surface area contributed by atoms with E-state index in [1.165, 1.54) is 13.8 Å². The fraction of sp³-hybridized carbons (Fsp3) is 0.833. The topological polar surface area (TPSA) is 87.0 Å². The van der Waals surface area contributed by atoms with Crippen LogP contribution >= 0.6 is 0 Å². The van der Waals surface area contributed by atoms with Crippen LogP contribution in [-0.4, -0.2) is 42.1 Å². The summed E-state index contributed by atoms with van der Waals surface area (Å²) in [5, 5.41) is 18.7. The number of aliphatic hydroxyl groups excluding tert-OH is 1. The van der Waals surface area contributed by atoms with Gasteiger partial charge in [-0.3, -0.25) is 0 Å². The van der Waals surface area contributed by atoms with E-state index in [1.54, 1.807) is 0 Å². The van der Waals surface area contributed by atoms with Crippen LogP contribution in [0.2, 0.25) is 0 Å². The summed E-state index contributed by atoms with van der Waals surface area (Å²) in [6, 6.07) is 0. The zero-order valence-electron chi connectivity index (χ0n) is 7.06. The summed E-state index contributed by atoms with van der Waals surface area (Å²) in [5.74, 6) is -0.0783. The van der Waals surface area contributed by atoms with E-state index >= 15 is 0 Å². The molecule has 0 saturated carbocycles. The van der Waals surface area contributed by atoms with Crippen molar-refractivity contribution in [1.82, 2.24) is 0 Å². The van der Waals surface area contributed by atoms with Crippen molar-refractivity contribution in [2.75, 3.05) is 12.4 Å². The molecule has 0 saturated heterocycles. The van der Waals surface area contributed by atoms with Crippen molar-refractivity contribution in [2.45, 2.75) is 19.1 Å². The maximum Gasteiger partial charge on any atom is 0.160 e. The zero-order chi connectivity index (χ0) is 9.78. The van der Waals surface area contributed by atoms with Gasteiger partial charge in [0, 0.05) is 5.75 Å². The fourth-order valence-corrected chi connectivity index (χ4v) is 1.97. The van der Waals surface area contributed by atoms with Crippen LogP contribution in [0.3, 0.4) is 0 Å². The predicted molar refractivity (Wildman–Crippen MR) is 45.2 cm³/mol. The van der Waals surface area contributed by atoms with E-state index in [1.807, 2.05) is 0 Å². The van der Waals surface area contributed by atoms with Gasteiger partial charge in [0.15, 0.2) is 9.84 Å². The minimum Gasteiger partial charge on any atom is -0.411 e. The average Bonchev–Trinajstić information content (AvgIpc) is 2.05. The summed E-state index contributed by atoms with van der Waals surface area (Å²) >= 11 is 0. The molecule has 6 heteroatoms. The molecule has 0 heterocycles. The van der Waals surface area contributed by atoms with Crippen molar-refractivity contribution >= 4 is 15.5 Å². The van der Waals surface area contributed by atoms with Crippen LogP contribution in [0.5, 0.6) is 0 Å². The van der Waals surface area contributed by atoms with Gasteiger partial charge in [0.25, 0.3) is 0 Å². The van der Waals surface area contributed by atoms with Gasteiger partial charge in [0.1, 0.15) is 5.25 Å². The first kappa shape index (κ1) is 11.4. The average molecular weight is 195 g/mol. The van der Waals surface area contributed by atoms with Crippen LogP contribution in [0.4, 0.5) is 0 Å². The van der Waals surface area contributed by atoms with E-state index in [-0.39, 0.29) is 11.5 Å². The Bertz CT molecular complexity index is 257. The summed E-state index contributed by atoms with van der Waals surface area (Å²) in [4.78, 5) is 0. The Morgan fingerprint density at radius 3 is 2.33 bits per heavy atom. The second kappa shape index (κ2) is 4.42. The molecule has 0 rings (SSSR count). The molecule has 0 aliphatic heterocycles. The van der Waals surface area contributed by atoms with Crippen molar-refractivity contribution in [3.05, 3.63) is 0 Å². The minimum absolute atomic E-state index is 0.0133. The van der Waals surface area contributed by atoms with Gasteiger partial charge >= 0.3 is 0 Å². The van der Waals surface area contributed by atoms with E-state index in [9.17, 15) is 8.42 Å². The van der Waals surface area contributed by atoms with E-state index < -0.39 is 21.7 Å². The lowest BCUT2D eigenvalue weighted by Gasteiger charge is -2.11. The number of hydrogen-bond acceptors (Lipinski definition) is 5. The molecular formula is C6H13NO4S. The summed E-state index contributed by atoms with van der Waals surface area (Å²) in [6.07, 6.45) is 0. The normalized spacial score (nSPS) is 16.1. The van der Waals surface area contributed by atoms with Crippen LogP contribution in [0.25, 0.3) is 0 Å². The van der Waals surface area contributed by atoms with Gasteiger partial charge in [-0.05, 0) is 6.92 Å². The number of aliphatic hydroxyl groups is 1. The Kier molecular flexibility index (Phi) is 4.19. The van der Waals surface area contributed by atoms with E-state index in [0.717, 1.165) is 0 Å². The Morgan fingerprint density at radius 2 is 2.08 bits per heavy atom. The monoisotopic (exact) mass is 195 g/mol. The Balaban J connectivity index is 4.81. The van der Waals surface area contributed by atoms with E-state index in [0.29, 0.717) is 0 Å². The molecule has 0 radical (unpaired) electrons. The molecule has 0 aromatic heterocycles. The van der Waals surface area contributed by atoms with Gasteiger partial charge < -0.3 is 10.3 Å². The molecule has 0 aliphatic rings. The van der Waals surface area contributed by atoms with Gasteiger partial charge in [-0.25, -0.2) is 8.42 Å². The van der Waals surface area contributed by atoms with Crippen molar-refractivity contribution in [3.8, 4) is 0 Å². The maximum atomic E-state index is 11.2. The highest BCUT2D eigenvalue weighted by Crippen LogP contribution is 2.04. The fourth-order valence-electron chi connectivity index (χ4n) is 0.771. The van der Waals surface area contributed by atoms with Gasteiger partial charge in [-0.2, -0.15) is 0 Å². The highest BCUT2D eigenvalue weighted by Gasteiger charge is 2.25. The lowest BCUT2D eigenvalue weighted by Crippen LogP contribution is -2.33. The zero-order valence-corrected chi connectivity index (χ0v) is 7.87. The Morgan fingerprint density at radius 1 is 1.58 bits per heavy atom. The highest BCUT2D eigenvalue weighted by molar-refractivity contribution is 7.92. The third kappa shape index (κ3) is 2.46. The third-order valence-corrected chi connectivity index (χ3v) is 3.79. The molecule has 2 N–H and O–H groups in total. The predicted octanol–water partition coefficient (Wildman–Crippen LogP) is -0.368. The number of sulfone groups is 1. The molecule has 0 unspecified atom stereocenters. The van der Waals surface area contributed by atoms with Crippen LogP contribution < -0.4 is 0 Å². The van der Waals surface area contributed by atoms with Crippen molar-refractivity contribution in [1.29, 1.82) is 0 Å². The Hall–Kier alpha value is -0.620. The number of rotatable bonds is 4. The van der Waals surface area contributed by atoms with Gasteiger partial charge in [0.05, 0.1) is 12.3 Å².